The normalized spacial score (nSPS) is 12.9. The summed E-state index contributed by atoms with van der Waals surface area (Å²) in [4.78, 5) is 4.06. The van der Waals surface area contributed by atoms with Gasteiger partial charge in [0, 0.05) is 24.5 Å². The molecular weight excluding hydrogens is 244 g/mol. The number of aryl methyl sites for hydroxylation is 1. The Morgan fingerprint density at radius 3 is 3.05 bits per heavy atom. The maximum Gasteiger partial charge on any atom is 0.126 e. The Hall–Kier alpha value is -2.28. The Morgan fingerprint density at radius 1 is 1.32 bits per heavy atom. The van der Waals surface area contributed by atoms with Gasteiger partial charge in [0.2, 0.25) is 0 Å². The lowest BCUT2D eigenvalue weighted by Crippen LogP contribution is -2.10. The molecule has 3 rings (SSSR count). The summed E-state index contributed by atoms with van der Waals surface area (Å²) in [7, 11) is 0. The molecule has 1 unspecified atom stereocenters. The van der Waals surface area contributed by atoms with Gasteiger partial charge in [0.1, 0.15) is 6.10 Å². The van der Waals surface area contributed by atoms with E-state index in [1.807, 2.05) is 0 Å². The van der Waals surface area contributed by atoms with Crippen LogP contribution in [-0.4, -0.2) is 34.7 Å². The van der Waals surface area contributed by atoms with Gasteiger partial charge in [-0.25, -0.2) is 9.20 Å². The van der Waals surface area contributed by atoms with Crippen molar-refractivity contribution in [1.82, 2.24) is 29.6 Å². The lowest BCUT2D eigenvalue weighted by atomic mass is 10.1. The molecule has 0 amide bonds. The first-order valence-electron chi connectivity index (χ1n) is 6.15. The summed E-state index contributed by atoms with van der Waals surface area (Å²) in [5.74, 6) is 0. The van der Waals surface area contributed by atoms with Crippen molar-refractivity contribution in [3.8, 4) is 0 Å². The van der Waals surface area contributed by atoms with Gasteiger partial charge in [-0.3, -0.25) is 4.98 Å². The molecule has 0 saturated carbocycles. The van der Waals surface area contributed by atoms with Gasteiger partial charge in [-0.1, -0.05) is 12.1 Å². The average molecular weight is 258 g/mol. The first kappa shape index (κ1) is 11.8. The van der Waals surface area contributed by atoms with Gasteiger partial charge in [0.15, 0.2) is 0 Å². The third kappa shape index (κ3) is 1.97. The largest absolute Gasteiger partial charge is 0.382 e. The van der Waals surface area contributed by atoms with Gasteiger partial charge >= 0.3 is 0 Å². The average Bonchev–Trinajstić information content (AvgIpc) is 3.04. The van der Waals surface area contributed by atoms with Gasteiger partial charge < -0.3 is 5.11 Å². The van der Waals surface area contributed by atoms with E-state index in [2.05, 4.69) is 27.3 Å². The van der Waals surface area contributed by atoms with E-state index in [0.29, 0.717) is 11.3 Å². The van der Waals surface area contributed by atoms with E-state index in [4.69, 9.17) is 0 Å². The number of hydrogen-bond acceptors (Lipinski definition) is 5. The van der Waals surface area contributed by atoms with Crippen LogP contribution in [0.4, 0.5) is 0 Å². The van der Waals surface area contributed by atoms with Gasteiger partial charge in [-0.2, -0.15) is 5.10 Å². The van der Waals surface area contributed by atoms with Gasteiger partial charge in [-0.05, 0) is 6.42 Å². The lowest BCUT2D eigenvalue weighted by molar-refractivity contribution is 0.209. The number of hydrogen-bond donors (Lipinski definition) is 1. The van der Waals surface area contributed by atoms with Crippen LogP contribution in [0.5, 0.6) is 0 Å². The second kappa shape index (κ2) is 4.77. The number of aliphatic hydroxyl groups excluding tert-OH is 1. The summed E-state index contributed by atoms with van der Waals surface area (Å²) < 4.78 is 3.39. The molecule has 0 aliphatic carbocycles. The van der Waals surface area contributed by atoms with Crippen LogP contribution in [0, 0.1) is 0 Å². The number of fused-ring (bicyclic) bond motifs is 1. The number of aliphatic hydroxyl groups is 1. The molecule has 0 fully saturated rings. The zero-order chi connectivity index (χ0) is 13.2. The molecule has 0 spiro atoms. The SMILES string of the molecule is CCCn1nncc1C(O)c1cnn2ccncc12. The Balaban J connectivity index is 2.03. The van der Waals surface area contributed by atoms with Crippen LogP contribution < -0.4 is 0 Å². The molecule has 19 heavy (non-hydrogen) atoms. The second-order valence-electron chi connectivity index (χ2n) is 4.29. The van der Waals surface area contributed by atoms with Crippen molar-refractivity contribution in [3.05, 3.63) is 42.2 Å². The zero-order valence-electron chi connectivity index (χ0n) is 10.5. The van der Waals surface area contributed by atoms with Crippen molar-refractivity contribution >= 4 is 5.52 Å². The molecule has 1 N–H and O–H groups in total. The summed E-state index contributed by atoms with van der Waals surface area (Å²) in [6.45, 7) is 2.78. The van der Waals surface area contributed by atoms with Crippen LogP contribution in [0.25, 0.3) is 5.52 Å². The molecular formula is C12H14N6O. The van der Waals surface area contributed by atoms with E-state index in [0.717, 1.165) is 18.5 Å². The molecule has 0 bridgehead atoms. The molecule has 0 aromatic carbocycles. The van der Waals surface area contributed by atoms with Gasteiger partial charge in [0.25, 0.3) is 0 Å². The molecule has 98 valence electrons. The Labute approximate surface area is 109 Å². The summed E-state index contributed by atoms with van der Waals surface area (Å²) in [5, 5.41) is 22.5. The fourth-order valence-corrected chi connectivity index (χ4v) is 2.09. The van der Waals surface area contributed by atoms with Gasteiger partial charge in [0.05, 0.1) is 29.8 Å². The summed E-state index contributed by atoms with van der Waals surface area (Å²) in [6, 6.07) is 0. The van der Waals surface area contributed by atoms with Crippen molar-refractivity contribution in [1.29, 1.82) is 0 Å². The van der Waals surface area contributed by atoms with Crippen LogP contribution in [0.1, 0.15) is 30.7 Å². The summed E-state index contributed by atoms with van der Waals surface area (Å²) >= 11 is 0. The van der Waals surface area contributed by atoms with E-state index >= 15 is 0 Å². The molecule has 3 heterocycles. The maximum atomic E-state index is 10.5. The quantitative estimate of drug-likeness (QED) is 0.749. The molecule has 0 aliphatic heterocycles. The minimum atomic E-state index is -0.803. The molecule has 0 radical (unpaired) electrons. The van der Waals surface area contributed by atoms with E-state index in [1.165, 1.54) is 0 Å². The van der Waals surface area contributed by atoms with E-state index in [1.54, 1.807) is 40.2 Å². The molecule has 0 saturated heterocycles. The minimum Gasteiger partial charge on any atom is -0.382 e. The molecule has 3 aromatic heterocycles. The predicted octanol–water partition coefficient (Wildman–Crippen LogP) is 0.812. The van der Waals surface area contributed by atoms with Crippen LogP contribution in [0.15, 0.2) is 31.0 Å². The first-order valence-corrected chi connectivity index (χ1v) is 6.15. The predicted molar refractivity (Wildman–Crippen MR) is 67.4 cm³/mol. The number of rotatable bonds is 4. The fraction of sp³-hybridized carbons (Fsp3) is 0.333. The lowest BCUT2D eigenvalue weighted by Gasteiger charge is -2.10. The highest BCUT2D eigenvalue weighted by atomic mass is 16.3. The van der Waals surface area contributed by atoms with Crippen molar-refractivity contribution in [2.24, 2.45) is 0 Å². The third-order valence-electron chi connectivity index (χ3n) is 3.01. The van der Waals surface area contributed by atoms with Crippen molar-refractivity contribution in [3.63, 3.8) is 0 Å². The van der Waals surface area contributed by atoms with E-state index in [-0.39, 0.29) is 0 Å². The topological polar surface area (TPSA) is 81.1 Å². The van der Waals surface area contributed by atoms with Crippen molar-refractivity contribution < 1.29 is 5.11 Å². The maximum absolute atomic E-state index is 10.5. The highest BCUT2D eigenvalue weighted by molar-refractivity contribution is 5.54. The number of aromatic nitrogens is 6. The molecule has 3 aromatic rings. The Kier molecular flexibility index (Phi) is 2.96. The molecule has 7 nitrogen and oxygen atoms in total. The monoisotopic (exact) mass is 258 g/mol. The van der Waals surface area contributed by atoms with Crippen LogP contribution in [-0.2, 0) is 6.54 Å². The smallest absolute Gasteiger partial charge is 0.126 e. The van der Waals surface area contributed by atoms with Gasteiger partial charge in [-0.15, -0.1) is 5.10 Å². The fourth-order valence-electron chi connectivity index (χ4n) is 2.09. The summed E-state index contributed by atoms with van der Waals surface area (Å²) in [5.41, 5.74) is 2.15. The zero-order valence-corrected chi connectivity index (χ0v) is 10.5. The molecule has 0 aliphatic rings. The summed E-state index contributed by atoms with van der Waals surface area (Å²) in [6.07, 6.45) is 8.43. The van der Waals surface area contributed by atoms with Crippen molar-refractivity contribution in [2.75, 3.05) is 0 Å². The molecule has 7 heteroatoms. The Morgan fingerprint density at radius 2 is 2.21 bits per heavy atom. The molecule has 1 atom stereocenters. The Bertz CT molecular complexity index is 688. The first-order chi connectivity index (χ1) is 9.31. The minimum absolute atomic E-state index is 0.667. The third-order valence-corrected chi connectivity index (χ3v) is 3.01. The van der Waals surface area contributed by atoms with Crippen molar-refractivity contribution in [2.45, 2.75) is 26.0 Å². The van der Waals surface area contributed by atoms with Crippen LogP contribution >= 0.6 is 0 Å². The highest BCUT2D eigenvalue weighted by Crippen LogP contribution is 2.24. The van der Waals surface area contributed by atoms with Crippen LogP contribution in [0.2, 0.25) is 0 Å². The van der Waals surface area contributed by atoms with E-state index < -0.39 is 6.10 Å². The van der Waals surface area contributed by atoms with E-state index in [9.17, 15) is 5.11 Å². The second-order valence-corrected chi connectivity index (χ2v) is 4.29. The van der Waals surface area contributed by atoms with Crippen LogP contribution in [0.3, 0.4) is 0 Å². The standard InChI is InChI=1S/C12H14N6O/c1-2-4-18-11(8-14-16-18)12(19)9-6-15-17-5-3-13-7-10(9)17/h3,5-8,12,19H,2,4H2,1H3. The number of nitrogens with zero attached hydrogens (tertiary/aromatic N) is 6. The highest BCUT2D eigenvalue weighted by Gasteiger charge is 2.20.